The van der Waals surface area contributed by atoms with Crippen LogP contribution in [0.3, 0.4) is 0 Å². The molecule has 7 heteroatoms. The van der Waals surface area contributed by atoms with Crippen molar-refractivity contribution in [3.8, 4) is 0 Å². The van der Waals surface area contributed by atoms with E-state index in [1.807, 2.05) is 6.07 Å². The number of pyridine rings is 2. The molecule has 0 aliphatic heterocycles. The van der Waals surface area contributed by atoms with Crippen molar-refractivity contribution in [2.75, 3.05) is 23.8 Å². The van der Waals surface area contributed by atoms with E-state index in [1.165, 1.54) is 34.9 Å². The van der Waals surface area contributed by atoms with E-state index in [1.54, 1.807) is 12.1 Å². The van der Waals surface area contributed by atoms with Crippen LogP contribution in [-0.4, -0.2) is 29.0 Å². The molecule has 4 rings (SSSR count). The minimum atomic E-state index is -0.108. The van der Waals surface area contributed by atoms with E-state index in [2.05, 4.69) is 39.2 Å². The first-order valence-electron chi connectivity index (χ1n) is 10.6. The van der Waals surface area contributed by atoms with Crippen LogP contribution in [0.25, 0.3) is 10.9 Å². The van der Waals surface area contributed by atoms with Gasteiger partial charge in [-0.3, -0.25) is 9.78 Å². The van der Waals surface area contributed by atoms with Crippen LogP contribution in [-0.2, 0) is 12.8 Å². The molecule has 5 N–H and O–H groups in total. The van der Waals surface area contributed by atoms with Gasteiger partial charge >= 0.3 is 0 Å². The summed E-state index contributed by atoms with van der Waals surface area (Å²) >= 11 is 0. The predicted molar refractivity (Wildman–Crippen MR) is 120 cm³/mol. The standard InChI is InChI=1S/C23H28N6O/c24-29-21-12-11-16(15-27-21)23(30)26-14-5-1-4-13-25-22-17-7-2-3-9-19(17)28-20-10-6-8-18(20)22/h2-3,7,9,11-12,15H,1,4-6,8,10,13-14,24H2,(H,25,28)(H,26,30)(H,27,29). The number of aryl methyl sites for hydroxylation is 1. The number of carbonyl (C=O) groups is 1. The van der Waals surface area contributed by atoms with E-state index in [-0.39, 0.29) is 5.91 Å². The monoisotopic (exact) mass is 404 g/mol. The lowest BCUT2D eigenvalue weighted by Crippen LogP contribution is -2.24. The fourth-order valence-corrected chi connectivity index (χ4v) is 3.97. The molecule has 3 aromatic rings. The van der Waals surface area contributed by atoms with Crippen molar-refractivity contribution in [1.29, 1.82) is 0 Å². The SMILES string of the molecule is NNc1ccc(C(=O)NCCCCCNc2c3c(nc4ccccc24)CCC3)cn1. The highest BCUT2D eigenvalue weighted by Crippen LogP contribution is 2.33. The third-order valence-corrected chi connectivity index (χ3v) is 5.53. The first kappa shape index (κ1) is 20.1. The molecule has 0 fully saturated rings. The Labute approximate surface area is 176 Å². The number of rotatable bonds is 9. The smallest absolute Gasteiger partial charge is 0.252 e. The number of carbonyl (C=O) groups excluding carboxylic acids is 1. The average Bonchev–Trinajstić information content (AvgIpc) is 3.26. The van der Waals surface area contributed by atoms with Crippen LogP contribution in [0.5, 0.6) is 0 Å². The van der Waals surface area contributed by atoms with Crippen LogP contribution in [0.2, 0.25) is 0 Å². The topological polar surface area (TPSA) is 105 Å². The highest BCUT2D eigenvalue weighted by Gasteiger charge is 2.19. The van der Waals surface area contributed by atoms with E-state index >= 15 is 0 Å². The fraction of sp³-hybridized carbons (Fsp3) is 0.348. The molecule has 0 radical (unpaired) electrons. The van der Waals surface area contributed by atoms with Gasteiger partial charge < -0.3 is 16.1 Å². The molecule has 0 bridgehead atoms. The van der Waals surface area contributed by atoms with Gasteiger partial charge in [-0.25, -0.2) is 10.8 Å². The molecule has 1 aliphatic rings. The van der Waals surface area contributed by atoms with Crippen LogP contribution in [0, 0.1) is 0 Å². The number of benzene rings is 1. The Morgan fingerprint density at radius 3 is 2.73 bits per heavy atom. The molecule has 1 aliphatic carbocycles. The van der Waals surface area contributed by atoms with Crippen molar-refractivity contribution >= 4 is 28.3 Å². The quantitative estimate of drug-likeness (QED) is 0.247. The summed E-state index contributed by atoms with van der Waals surface area (Å²) in [5.74, 6) is 5.71. The minimum absolute atomic E-state index is 0.108. The second-order valence-corrected chi connectivity index (χ2v) is 7.60. The van der Waals surface area contributed by atoms with Gasteiger partial charge in [-0.05, 0) is 62.3 Å². The highest BCUT2D eigenvalue weighted by atomic mass is 16.1. The number of anilines is 2. The largest absolute Gasteiger partial charge is 0.384 e. The average molecular weight is 405 g/mol. The number of nitrogens with one attached hydrogen (secondary N) is 3. The molecular weight excluding hydrogens is 376 g/mol. The molecule has 2 aromatic heterocycles. The number of nitrogens with zero attached hydrogens (tertiary/aromatic N) is 2. The molecule has 30 heavy (non-hydrogen) atoms. The zero-order chi connectivity index (χ0) is 20.8. The maximum atomic E-state index is 12.1. The molecule has 0 atom stereocenters. The van der Waals surface area contributed by atoms with Gasteiger partial charge in [0.15, 0.2) is 0 Å². The summed E-state index contributed by atoms with van der Waals surface area (Å²) in [5, 5.41) is 7.83. The van der Waals surface area contributed by atoms with Crippen LogP contribution >= 0.6 is 0 Å². The van der Waals surface area contributed by atoms with Crippen molar-refractivity contribution in [1.82, 2.24) is 15.3 Å². The Balaban J connectivity index is 1.22. The van der Waals surface area contributed by atoms with Crippen molar-refractivity contribution in [2.45, 2.75) is 38.5 Å². The van der Waals surface area contributed by atoms with E-state index in [4.69, 9.17) is 10.8 Å². The zero-order valence-corrected chi connectivity index (χ0v) is 17.1. The normalized spacial score (nSPS) is 12.6. The van der Waals surface area contributed by atoms with Crippen molar-refractivity contribution in [3.63, 3.8) is 0 Å². The predicted octanol–water partition coefficient (Wildman–Crippen LogP) is 3.42. The third kappa shape index (κ3) is 4.52. The Morgan fingerprint density at radius 1 is 1.03 bits per heavy atom. The van der Waals surface area contributed by atoms with Gasteiger partial charge in [0.1, 0.15) is 5.82 Å². The Bertz CT molecular complexity index is 1020. The van der Waals surface area contributed by atoms with Crippen LogP contribution < -0.4 is 21.9 Å². The number of nitrogen functional groups attached to an aromatic ring is 1. The van der Waals surface area contributed by atoms with Crippen molar-refractivity contribution < 1.29 is 4.79 Å². The minimum Gasteiger partial charge on any atom is -0.384 e. The third-order valence-electron chi connectivity index (χ3n) is 5.53. The molecule has 2 heterocycles. The number of hydrazine groups is 1. The van der Waals surface area contributed by atoms with Gasteiger partial charge in [-0.15, -0.1) is 0 Å². The summed E-state index contributed by atoms with van der Waals surface area (Å²) < 4.78 is 0. The van der Waals surface area contributed by atoms with E-state index in [0.717, 1.165) is 44.2 Å². The number of fused-ring (bicyclic) bond motifs is 2. The summed E-state index contributed by atoms with van der Waals surface area (Å²) in [6.45, 7) is 1.58. The summed E-state index contributed by atoms with van der Waals surface area (Å²) in [6.07, 6.45) is 7.94. The lowest BCUT2D eigenvalue weighted by molar-refractivity contribution is 0.0952. The molecular formula is C23H28N6O. The summed E-state index contributed by atoms with van der Waals surface area (Å²) in [5.41, 5.74) is 7.98. The molecule has 156 valence electrons. The molecule has 0 unspecified atom stereocenters. The van der Waals surface area contributed by atoms with Gasteiger partial charge in [0.25, 0.3) is 5.91 Å². The first-order chi connectivity index (χ1) is 14.8. The Morgan fingerprint density at radius 2 is 1.90 bits per heavy atom. The Kier molecular flexibility index (Phi) is 6.39. The van der Waals surface area contributed by atoms with Gasteiger partial charge in [-0.1, -0.05) is 18.2 Å². The van der Waals surface area contributed by atoms with Crippen LogP contribution in [0.4, 0.5) is 11.5 Å². The number of amides is 1. The van der Waals surface area contributed by atoms with E-state index in [9.17, 15) is 4.79 Å². The molecule has 1 aromatic carbocycles. The van der Waals surface area contributed by atoms with E-state index < -0.39 is 0 Å². The van der Waals surface area contributed by atoms with Gasteiger partial charge in [-0.2, -0.15) is 0 Å². The summed E-state index contributed by atoms with van der Waals surface area (Å²) in [7, 11) is 0. The first-order valence-corrected chi connectivity index (χ1v) is 10.6. The Hall–Kier alpha value is -3.19. The fourth-order valence-electron chi connectivity index (χ4n) is 3.97. The zero-order valence-electron chi connectivity index (χ0n) is 17.1. The lowest BCUT2D eigenvalue weighted by Gasteiger charge is -2.14. The number of para-hydroxylation sites is 1. The second kappa shape index (κ2) is 9.54. The highest BCUT2D eigenvalue weighted by molar-refractivity contribution is 5.94. The summed E-state index contributed by atoms with van der Waals surface area (Å²) in [4.78, 5) is 21.0. The lowest BCUT2D eigenvalue weighted by atomic mass is 10.1. The number of unbranched alkanes of at least 4 members (excludes halogenated alkanes) is 2. The molecule has 1 amide bonds. The molecule has 7 nitrogen and oxygen atoms in total. The maximum absolute atomic E-state index is 12.1. The van der Waals surface area contributed by atoms with Crippen LogP contribution in [0.15, 0.2) is 42.6 Å². The van der Waals surface area contributed by atoms with Gasteiger partial charge in [0, 0.05) is 36.1 Å². The van der Waals surface area contributed by atoms with Crippen molar-refractivity contribution in [2.24, 2.45) is 5.84 Å². The van der Waals surface area contributed by atoms with Gasteiger partial charge in [0.05, 0.1) is 11.1 Å². The van der Waals surface area contributed by atoms with E-state index in [0.29, 0.717) is 17.9 Å². The van der Waals surface area contributed by atoms with Gasteiger partial charge in [0.2, 0.25) is 0 Å². The maximum Gasteiger partial charge on any atom is 0.252 e. The van der Waals surface area contributed by atoms with Crippen LogP contribution in [0.1, 0.15) is 47.3 Å². The number of hydrogen-bond acceptors (Lipinski definition) is 6. The molecule has 0 saturated heterocycles. The number of hydrogen-bond donors (Lipinski definition) is 4. The number of nitrogens with two attached hydrogens (primary N) is 1. The second-order valence-electron chi connectivity index (χ2n) is 7.60. The number of aromatic nitrogens is 2. The summed E-state index contributed by atoms with van der Waals surface area (Å²) in [6, 6.07) is 11.8. The van der Waals surface area contributed by atoms with Crippen molar-refractivity contribution in [3.05, 3.63) is 59.4 Å². The molecule has 0 saturated carbocycles. The molecule has 0 spiro atoms.